The summed E-state index contributed by atoms with van der Waals surface area (Å²) in [5, 5.41) is 16.5. The van der Waals surface area contributed by atoms with Crippen LogP contribution in [0.25, 0.3) is 0 Å². The molecule has 1 aromatic rings. The molecule has 3 rings (SSSR count). The van der Waals surface area contributed by atoms with Crippen molar-refractivity contribution in [3.8, 4) is 0 Å². The number of thiazole rings is 1. The summed E-state index contributed by atoms with van der Waals surface area (Å²) in [5.74, 6) is -3.81. The number of likely N-dealkylation sites (tertiary alicyclic amines) is 1. The van der Waals surface area contributed by atoms with Gasteiger partial charge in [0.05, 0.1) is 6.04 Å². The number of carboxylic acids is 1. The van der Waals surface area contributed by atoms with Crippen LogP contribution in [0, 0.1) is 0 Å². The zero-order valence-electron chi connectivity index (χ0n) is 18.0. The van der Waals surface area contributed by atoms with Crippen molar-refractivity contribution in [1.29, 1.82) is 0 Å². The highest BCUT2D eigenvalue weighted by atomic mass is 32.2. The average Bonchev–Trinajstić information content (AvgIpc) is 3.32. The van der Waals surface area contributed by atoms with E-state index in [2.05, 4.69) is 15.5 Å². The molecule has 0 unspecified atom stereocenters. The van der Waals surface area contributed by atoms with E-state index < -0.39 is 51.5 Å². The van der Waals surface area contributed by atoms with Gasteiger partial charge in [-0.25, -0.2) is 14.1 Å². The van der Waals surface area contributed by atoms with Crippen LogP contribution in [0.2, 0.25) is 0 Å². The van der Waals surface area contributed by atoms with Crippen LogP contribution in [0.4, 0.5) is 5.13 Å². The number of β-lactam (4-membered cyclic amide) rings is 1. The maximum absolute atomic E-state index is 13.0. The van der Waals surface area contributed by atoms with E-state index in [1.807, 2.05) is 0 Å². The molecule has 0 aliphatic carbocycles. The number of hydrogen-bond donors (Lipinski definition) is 4. The van der Waals surface area contributed by atoms with Gasteiger partial charge in [-0.15, -0.1) is 11.3 Å². The van der Waals surface area contributed by atoms with Gasteiger partial charge in [0.2, 0.25) is 11.5 Å². The largest absolute Gasteiger partial charge is 0.478 e. The molecule has 2 aliphatic heterocycles. The van der Waals surface area contributed by atoms with Crippen molar-refractivity contribution in [2.75, 3.05) is 18.8 Å². The smallest absolute Gasteiger partial charge is 0.362 e. The van der Waals surface area contributed by atoms with Gasteiger partial charge in [-0.2, -0.15) is 8.42 Å². The highest BCUT2D eigenvalue weighted by Crippen LogP contribution is 2.26. The van der Waals surface area contributed by atoms with Crippen LogP contribution in [0.3, 0.4) is 0 Å². The Bertz CT molecular complexity index is 1160. The topological polar surface area (TPSA) is 222 Å². The maximum atomic E-state index is 13.0. The van der Waals surface area contributed by atoms with E-state index in [1.165, 1.54) is 24.1 Å². The lowest BCUT2D eigenvalue weighted by Crippen LogP contribution is -2.74. The molecule has 0 spiro atoms. The van der Waals surface area contributed by atoms with Gasteiger partial charge in [-0.05, 0) is 20.3 Å². The summed E-state index contributed by atoms with van der Waals surface area (Å²) >= 11 is 0.957. The Labute approximate surface area is 197 Å². The van der Waals surface area contributed by atoms with Gasteiger partial charge in [-0.3, -0.25) is 18.9 Å². The van der Waals surface area contributed by atoms with Crippen LogP contribution in [-0.4, -0.2) is 92.4 Å². The van der Waals surface area contributed by atoms with Crippen molar-refractivity contribution in [3.05, 3.63) is 11.1 Å². The summed E-state index contributed by atoms with van der Waals surface area (Å²) in [4.78, 5) is 58.9. The maximum Gasteiger partial charge on any atom is 0.362 e. The number of aromatic nitrogens is 1. The van der Waals surface area contributed by atoms with Crippen molar-refractivity contribution in [3.63, 3.8) is 0 Å². The molecule has 0 aromatic carbocycles. The number of nitrogen functional groups attached to an aromatic ring is 1. The van der Waals surface area contributed by atoms with Gasteiger partial charge in [-0.1, -0.05) is 5.16 Å². The van der Waals surface area contributed by atoms with Gasteiger partial charge in [0.15, 0.2) is 10.8 Å². The fourth-order valence-electron chi connectivity index (χ4n) is 3.27. The zero-order chi connectivity index (χ0) is 25.4. The Kier molecular flexibility index (Phi) is 6.81. The van der Waals surface area contributed by atoms with Crippen molar-refractivity contribution in [2.24, 2.45) is 5.16 Å². The fourth-order valence-corrected chi connectivity index (χ4v) is 4.69. The highest BCUT2D eigenvalue weighted by Gasteiger charge is 2.55. The van der Waals surface area contributed by atoms with E-state index in [0.717, 1.165) is 11.3 Å². The Balaban J connectivity index is 1.87. The number of nitrogens with zero attached hydrogens (tertiary/aromatic N) is 4. The Hall–Kier alpha value is -3.31. The van der Waals surface area contributed by atoms with Gasteiger partial charge in [0.1, 0.15) is 11.7 Å². The molecule has 0 radical (unpaired) electrons. The van der Waals surface area contributed by atoms with Crippen LogP contribution in [-0.2, 0) is 34.3 Å². The molecule has 34 heavy (non-hydrogen) atoms. The number of carbonyl (C=O) groups is 4. The van der Waals surface area contributed by atoms with Crippen LogP contribution in [0.15, 0.2) is 10.5 Å². The number of nitrogens with one attached hydrogen (secondary N) is 1. The molecule has 2 fully saturated rings. The number of carbonyl (C=O) groups excluding carboxylic acids is 3. The standard InChI is InChI=1S/C17H22N6O9S2/c1-17(2,15(27)28)32-21-11(8-7-33-16(18)19-8)13(25)20-12-9(6-22-5-3-4-10(22)24)23(14(12)26)34(29,30)31/h7,9,12H,3-6H2,1-2H3,(H2,18,19)(H,20,25)(H,27,28)(H,29,30,31)/b21-11-/t9-,12+/m1/s1. The van der Waals surface area contributed by atoms with Crippen LogP contribution in [0.1, 0.15) is 32.4 Å². The third-order valence-corrected chi connectivity index (χ3v) is 6.76. The van der Waals surface area contributed by atoms with E-state index in [4.69, 9.17) is 10.6 Å². The number of rotatable bonds is 9. The van der Waals surface area contributed by atoms with E-state index in [1.54, 1.807) is 0 Å². The molecule has 2 aliphatic rings. The quantitative estimate of drug-likeness (QED) is 0.126. The highest BCUT2D eigenvalue weighted by molar-refractivity contribution is 7.84. The van der Waals surface area contributed by atoms with Crippen molar-refractivity contribution in [1.82, 2.24) is 19.5 Å². The SMILES string of the molecule is CC(C)(O/N=C(\C(=O)N[C@@H]1C(=O)N(S(=O)(=O)O)[C@@H]1CN1CCCC1=O)c1csc(N)n1)C(=O)O. The van der Waals surface area contributed by atoms with Gasteiger partial charge >= 0.3 is 16.3 Å². The first kappa shape index (κ1) is 25.3. The molecule has 3 amide bonds. The fraction of sp³-hybridized carbons (Fsp3) is 0.529. The Morgan fingerprint density at radius 1 is 1.41 bits per heavy atom. The lowest BCUT2D eigenvalue weighted by Gasteiger charge is -2.45. The Morgan fingerprint density at radius 2 is 2.09 bits per heavy atom. The Morgan fingerprint density at radius 3 is 2.59 bits per heavy atom. The summed E-state index contributed by atoms with van der Waals surface area (Å²) in [7, 11) is -4.95. The molecule has 0 bridgehead atoms. The number of oxime groups is 1. The summed E-state index contributed by atoms with van der Waals surface area (Å²) < 4.78 is 33.0. The molecular formula is C17H22N6O9S2. The summed E-state index contributed by atoms with van der Waals surface area (Å²) in [6.45, 7) is 2.46. The van der Waals surface area contributed by atoms with E-state index in [-0.39, 0.29) is 34.0 Å². The molecule has 2 atom stereocenters. The van der Waals surface area contributed by atoms with Crippen LogP contribution < -0.4 is 11.1 Å². The molecular weight excluding hydrogens is 496 g/mol. The second-order valence-electron chi connectivity index (χ2n) is 7.99. The molecule has 17 heteroatoms. The lowest BCUT2D eigenvalue weighted by atomic mass is 9.97. The van der Waals surface area contributed by atoms with E-state index in [0.29, 0.717) is 13.0 Å². The van der Waals surface area contributed by atoms with E-state index in [9.17, 15) is 37.3 Å². The van der Waals surface area contributed by atoms with Crippen molar-refractivity contribution in [2.45, 2.75) is 44.4 Å². The van der Waals surface area contributed by atoms with Crippen LogP contribution in [0.5, 0.6) is 0 Å². The summed E-state index contributed by atoms with van der Waals surface area (Å²) in [5.41, 5.74) is 3.18. The molecule has 2 saturated heterocycles. The number of nitrogens with two attached hydrogens (primary N) is 1. The minimum atomic E-state index is -4.95. The van der Waals surface area contributed by atoms with Gasteiger partial charge in [0.25, 0.3) is 11.8 Å². The predicted molar refractivity (Wildman–Crippen MR) is 116 cm³/mol. The zero-order valence-corrected chi connectivity index (χ0v) is 19.6. The van der Waals surface area contributed by atoms with E-state index >= 15 is 0 Å². The molecule has 0 saturated carbocycles. The summed E-state index contributed by atoms with van der Waals surface area (Å²) in [6, 6.07) is -2.71. The van der Waals surface area contributed by atoms with Gasteiger partial charge < -0.3 is 25.9 Å². The monoisotopic (exact) mass is 518 g/mol. The minimum absolute atomic E-state index is 0.0655. The average molecular weight is 519 g/mol. The normalized spacial score (nSPS) is 21.4. The molecule has 15 nitrogen and oxygen atoms in total. The second kappa shape index (κ2) is 9.15. The molecule has 5 N–H and O–H groups in total. The molecule has 1 aromatic heterocycles. The molecule has 186 valence electrons. The second-order valence-corrected chi connectivity index (χ2v) is 10.2. The molecule has 3 heterocycles. The number of anilines is 1. The third-order valence-electron chi connectivity index (χ3n) is 5.14. The van der Waals surface area contributed by atoms with Crippen LogP contribution >= 0.6 is 11.3 Å². The first-order valence-corrected chi connectivity index (χ1v) is 12.1. The summed E-state index contributed by atoms with van der Waals surface area (Å²) in [6.07, 6.45) is 0.795. The third kappa shape index (κ3) is 5.10. The van der Waals surface area contributed by atoms with Gasteiger partial charge in [0, 0.05) is 24.9 Å². The number of amides is 3. The lowest BCUT2D eigenvalue weighted by molar-refractivity contribution is -0.161. The number of aliphatic carboxylic acids is 1. The number of hydrogen-bond acceptors (Lipinski definition) is 11. The van der Waals surface area contributed by atoms with Crippen molar-refractivity contribution >= 4 is 56.2 Å². The minimum Gasteiger partial charge on any atom is -0.478 e. The first-order chi connectivity index (χ1) is 15.7. The number of carboxylic acid groups (broad SMARTS) is 1. The van der Waals surface area contributed by atoms with Crippen molar-refractivity contribution < 1.29 is 42.1 Å². The predicted octanol–water partition coefficient (Wildman–Crippen LogP) is -1.57. The first-order valence-electron chi connectivity index (χ1n) is 9.82.